The van der Waals surface area contributed by atoms with Crippen molar-refractivity contribution in [3.8, 4) is 0 Å². The van der Waals surface area contributed by atoms with E-state index in [1.54, 1.807) is 18.4 Å². The predicted molar refractivity (Wildman–Crippen MR) is 83.2 cm³/mol. The molecule has 2 amide bonds. The summed E-state index contributed by atoms with van der Waals surface area (Å²) in [5, 5.41) is 14.9. The Bertz CT molecular complexity index is 499. The number of aliphatic hydroxyl groups excluding tert-OH is 1. The van der Waals surface area contributed by atoms with E-state index in [4.69, 9.17) is 0 Å². The van der Waals surface area contributed by atoms with E-state index < -0.39 is 0 Å². The lowest BCUT2D eigenvalue weighted by atomic mass is 9.85. The van der Waals surface area contributed by atoms with Crippen LogP contribution >= 0.6 is 11.8 Å². The Balaban J connectivity index is 1.93. The maximum atomic E-state index is 13.7. The largest absolute Gasteiger partial charge is 0.396 e. The van der Waals surface area contributed by atoms with Gasteiger partial charge in [0, 0.05) is 29.1 Å². The number of hydrogen-bond donors (Lipinski definition) is 3. The molecule has 0 spiro atoms. The Kier molecular flexibility index (Phi) is 5.87. The topological polar surface area (TPSA) is 61.4 Å². The van der Waals surface area contributed by atoms with E-state index in [1.165, 1.54) is 17.8 Å². The third kappa shape index (κ3) is 4.35. The van der Waals surface area contributed by atoms with Crippen LogP contribution in [0.3, 0.4) is 0 Å². The summed E-state index contributed by atoms with van der Waals surface area (Å²) in [6, 6.07) is 4.28. The Morgan fingerprint density at radius 2 is 2.19 bits per heavy atom. The van der Waals surface area contributed by atoms with E-state index in [0.717, 1.165) is 25.7 Å². The Labute approximate surface area is 128 Å². The first kappa shape index (κ1) is 16.1. The van der Waals surface area contributed by atoms with Crippen molar-refractivity contribution in [3.05, 3.63) is 24.0 Å². The summed E-state index contributed by atoms with van der Waals surface area (Å²) >= 11 is 1.32. The van der Waals surface area contributed by atoms with E-state index >= 15 is 0 Å². The third-order valence-corrected chi connectivity index (χ3v) is 4.64. The van der Waals surface area contributed by atoms with Crippen molar-refractivity contribution >= 4 is 23.5 Å². The number of nitrogens with one attached hydrogen (secondary N) is 2. The minimum atomic E-state index is -0.350. The molecule has 0 radical (unpaired) electrons. The molecule has 116 valence electrons. The number of anilines is 1. The SMILES string of the molecule is CSc1ccc(NC(=O)NC2CCCCC2CO)cc1F. The van der Waals surface area contributed by atoms with Gasteiger partial charge in [0.1, 0.15) is 5.82 Å². The average Bonchev–Trinajstić information content (AvgIpc) is 2.48. The number of carbonyl (C=O) groups is 1. The van der Waals surface area contributed by atoms with Gasteiger partial charge < -0.3 is 15.7 Å². The first-order chi connectivity index (χ1) is 10.1. The second-order valence-corrected chi connectivity index (χ2v) is 6.13. The number of carbonyl (C=O) groups excluding carboxylic acids is 1. The number of aliphatic hydroxyl groups is 1. The molecule has 1 aromatic carbocycles. The van der Waals surface area contributed by atoms with Crippen molar-refractivity contribution in [1.82, 2.24) is 5.32 Å². The van der Waals surface area contributed by atoms with Gasteiger partial charge in [0.05, 0.1) is 0 Å². The molecular formula is C15H21FN2O2S. The molecule has 0 saturated heterocycles. The van der Waals surface area contributed by atoms with Gasteiger partial charge in [-0.3, -0.25) is 0 Å². The quantitative estimate of drug-likeness (QED) is 0.748. The van der Waals surface area contributed by atoms with Crippen LogP contribution in [0.4, 0.5) is 14.9 Å². The number of halogens is 1. The summed E-state index contributed by atoms with van der Waals surface area (Å²) in [5.74, 6) is -0.230. The maximum absolute atomic E-state index is 13.7. The maximum Gasteiger partial charge on any atom is 0.319 e. The van der Waals surface area contributed by atoms with Crippen molar-refractivity contribution in [2.75, 3.05) is 18.2 Å². The van der Waals surface area contributed by atoms with Gasteiger partial charge in [0.25, 0.3) is 0 Å². The van der Waals surface area contributed by atoms with Crippen LogP contribution in [0.25, 0.3) is 0 Å². The first-order valence-electron chi connectivity index (χ1n) is 7.16. The van der Waals surface area contributed by atoms with Crippen LogP contribution in [0.5, 0.6) is 0 Å². The molecule has 1 saturated carbocycles. The fraction of sp³-hybridized carbons (Fsp3) is 0.533. The molecule has 2 rings (SSSR count). The standard InChI is InChI=1S/C15H21FN2O2S/c1-21-14-7-6-11(8-12(14)16)17-15(20)18-13-5-3-2-4-10(13)9-19/h6-8,10,13,19H,2-5,9H2,1H3,(H2,17,18,20). The molecule has 0 aliphatic heterocycles. The fourth-order valence-corrected chi connectivity index (χ4v) is 3.15. The highest BCUT2D eigenvalue weighted by molar-refractivity contribution is 7.98. The second-order valence-electron chi connectivity index (χ2n) is 5.28. The molecule has 6 heteroatoms. The van der Waals surface area contributed by atoms with E-state index in [0.29, 0.717) is 10.6 Å². The summed E-state index contributed by atoms with van der Waals surface area (Å²) < 4.78 is 13.7. The normalized spacial score (nSPS) is 21.9. The van der Waals surface area contributed by atoms with Crippen LogP contribution in [0.1, 0.15) is 25.7 Å². The van der Waals surface area contributed by atoms with Crippen molar-refractivity contribution in [3.63, 3.8) is 0 Å². The Morgan fingerprint density at radius 3 is 2.86 bits per heavy atom. The van der Waals surface area contributed by atoms with Crippen LogP contribution in [0.2, 0.25) is 0 Å². The van der Waals surface area contributed by atoms with Gasteiger partial charge in [-0.05, 0) is 37.3 Å². The highest BCUT2D eigenvalue weighted by atomic mass is 32.2. The Morgan fingerprint density at radius 1 is 1.43 bits per heavy atom. The molecule has 1 aromatic rings. The van der Waals surface area contributed by atoms with Crippen molar-refractivity contribution in [2.24, 2.45) is 5.92 Å². The van der Waals surface area contributed by atoms with E-state index in [9.17, 15) is 14.3 Å². The molecule has 2 unspecified atom stereocenters. The second kappa shape index (κ2) is 7.66. The minimum Gasteiger partial charge on any atom is -0.396 e. The monoisotopic (exact) mass is 312 g/mol. The van der Waals surface area contributed by atoms with Crippen LogP contribution in [-0.4, -0.2) is 30.0 Å². The van der Waals surface area contributed by atoms with Crippen LogP contribution < -0.4 is 10.6 Å². The molecule has 0 bridgehead atoms. The Hall–Kier alpha value is -1.27. The van der Waals surface area contributed by atoms with Crippen molar-refractivity contribution in [2.45, 2.75) is 36.6 Å². The van der Waals surface area contributed by atoms with Gasteiger partial charge in [-0.1, -0.05) is 12.8 Å². The van der Waals surface area contributed by atoms with E-state index in [-0.39, 0.29) is 30.4 Å². The zero-order valence-corrected chi connectivity index (χ0v) is 12.9. The van der Waals surface area contributed by atoms with Crippen molar-refractivity contribution < 1.29 is 14.3 Å². The molecule has 3 N–H and O–H groups in total. The van der Waals surface area contributed by atoms with E-state index in [2.05, 4.69) is 10.6 Å². The van der Waals surface area contributed by atoms with Gasteiger partial charge in [0.15, 0.2) is 0 Å². The summed E-state index contributed by atoms with van der Waals surface area (Å²) in [7, 11) is 0. The molecular weight excluding hydrogens is 291 g/mol. The van der Waals surface area contributed by atoms with Crippen molar-refractivity contribution in [1.29, 1.82) is 0 Å². The van der Waals surface area contributed by atoms with E-state index in [1.807, 2.05) is 0 Å². The minimum absolute atomic E-state index is 0.0148. The zero-order valence-electron chi connectivity index (χ0n) is 12.1. The number of rotatable bonds is 4. The van der Waals surface area contributed by atoms with Crippen LogP contribution in [0.15, 0.2) is 23.1 Å². The van der Waals surface area contributed by atoms with Gasteiger partial charge >= 0.3 is 6.03 Å². The molecule has 1 aliphatic rings. The summed E-state index contributed by atoms with van der Waals surface area (Å²) in [6.07, 6.45) is 5.75. The summed E-state index contributed by atoms with van der Waals surface area (Å²) in [6.45, 7) is 0.0853. The van der Waals surface area contributed by atoms with Gasteiger partial charge in [-0.25, -0.2) is 9.18 Å². The van der Waals surface area contributed by atoms with Crippen LogP contribution in [0, 0.1) is 11.7 Å². The van der Waals surface area contributed by atoms with Gasteiger partial charge in [-0.2, -0.15) is 0 Å². The lowest BCUT2D eigenvalue weighted by Gasteiger charge is -2.30. The number of benzene rings is 1. The number of urea groups is 1. The summed E-state index contributed by atoms with van der Waals surface area (Å²) in [4.78, 5) is 12.5. The molecule has 1 fully saturated rings. The molecule has 1 aliphatic carbocycles. The smallest absolute Gasteiger partial charge is 0.319 e. The molecule has 21 heavy (non-hydrogen) atoms. The van der Waals surface area contributed by atoms with Crippen LogP contribution in [-0.2, 0) is 0 Å². The zero-order chi connectivity index (χ0) is 15.2. The molecule has 0 aromatic heterocycles. The highest BCUT2D eigenvalue weighted by Crippen LogP contribution is 2.25. The van der Waals surface area contributed by atoms with Gasteiger partial charge in [0.2, 0.25) is 0 Å². The average molecular weight is 312 g/mol. The highest BCUT2D eigenvalue weighted by Gasteiger charge is 2.25. The third-order valence-electron chi connectivity index (χ3n) is 3.87. The number of thioether (sulfide) groups is 1. The van der Waals surface area contributed by atoms with Gasteiger partial charge in [-0.15, -0.1) is 11.8 Å². The lowest BCUT2D eigenvalue weighted by Crippen LogP contribution is -2.45. The molecule has 0 heterocycles. The number of amides is 2. The molecule has 4 nitrogen and oxygen atoms in total. The lowest BCUT2D eigenvalue weighted by molar-refractivity contribution is 0.156. The molecule has 2 atom stereocenters. The predicted octanol–water partition coefficient (Wildman–Crippen LogP) is 3.22. The first-order valence-corrected chi connectivity index (χ1v) is 8.38. The number of hydrogen-bond acceptors (Lipinski definition) is 3. The fourth-order valence-electron chi connectivity index (χ4n) is 2.70. The summed E-state index contributed by atoms with van der Waals surface area (Å²) in [5.41, 5.74) is 0.430.